The lowest BCUT2D eigenvalue weighted by molar-refractivity contribution is -0.243. The molecule has 2 heterocycles. The molecule has 12 atom stereocenters. The Labute approximate surface area is 292 Å². The van der Waals surface area contributed by atoms with E-state index in [0.29, 0.717) is 54.2 Å². The Morgan fingerprint density at radius 2 is 1.83 bits per heavy atom. The number of amides is 1. The molecule has 48 heavy (non-hydrogen) atoms. The molecule has 0 aromatic heterocycles. The molecule has 5 aliphatic carbocycles. The van der Waals surface area contributed by atoms with Gasteiger partial charge in [0.15, 0.2) is 6.29 Å². The minimum atomic E-state index is -1.18. The topological polar surface area (TPSA) is 88.5 Å². The first kappa shape index (κ1) is 33.9. The molecule has 2 spiro atoms. The fourth-order valence-electron chi connectivity index (χ4n) is 12.8. The van der Waals surface area contributed by atoms with Crippen molar-refractivity contribution in [3.8, 4) is 0 Å². The first-order valence-electron chi connectivity index (χ1n) is 18.8. The van der Waals surface area contributed by atoms with Crippen LogP contribution in [0.25, 0.3) is 0 Å². The van der Waals surface area contributed by atoms with E-state index in [1.807, 2.05) is 4.90 Å². The fraction of sp³-hybridized carbons (Fsp3) is 0.821. The lowest BCUT2D eigenvalue weighted by Gasteiger charge is -2.59. The van der Waals surface area contributed by atoms with Gasteiger partial charge in [-0.15, -0.1) is 0 Å². The number of carbonyl (C=O) groups is 1. The number of benzene rings is 1. The number of ether oxygens (including phenoxy) is 3. The standard InChI is InChI=1S/C39H56FNO6S.H2/c1-35(2)30-12-10-25-27-20-29-26(9-11-28(46-29)34(43)36(3,4)44)39(27,48)16-15-37(25)22-38(30,37)14-13-31(35)47-33-21-41(17-18-45-33)32(42)19-23-5-7-24(40)8-6-23;/h5-8,25-31,33-34,43-44,48H,9-22H2,1-4H3;1H/t25?,26?,27?,28?,29?,30?,31-,33?,34-,37-,38?,39?;/m0./s1. The van der Waals surface area contributed by atoms with Crippen molar-refractivity contribution in [2.24, 2.45) is 39.9 Å². The summed E-state index contributed by atoms with van der Waals surface area (Å²) in [4.78, 5) is 15.0. The zero-order chi connectivity index (χ0) is 33.9. The molecule has 1 aromatic rings. The molecule has 2 N–H and O–H groups in total. The van der Waals surface area contributed by atoms with Crippen LogP contribution in [0, 0.1) is 45.7 Å². The number of hydrogen-bond acceptors (Lipinski definition) is 7. The van der Waals surface area contributed by atoms with E-state index in [0.717, 1.165) is 37.7 Å². The Balaban J connectivity index is 0.00000378. The second-order valence-electron chi connectivity index (χ2n) is 18.0. The summed E-state index contributed by atoms with van der Waals surface area (Å²) >= 11 is 5.56. The molecule has 7 nitrogen and oxygen atoms in total. The summed E-state index contributed by atoms with van der Waals surface area (Å²) in [6, 6.07) is 6.17. The van der Waals surface area contributed by atoms with Crippen LogP contribution in [-0.2, 0) is 25.4 Å². The van der Waals surface area contributed by atoms with Gasteiger partial charge < -0.3 is 29.3 Å². The normalized spacial score (nSPS) is 45.2. The van der Waals surface area contributed by atoms with Crippen molar-refractivity contribution in [2.45, 2.75) is 139 Å². The molecule has 8 rings (SSSR count). The highest BCUT2D eigenvalue weighted by Gasteiger charge is 2.81. The monoisotopic (exact) mass is 687 g/mol. The van der Waals surface area contributed by atoms with E-state index in [1.54, 1.807) is 26.0 Å². The summed E-state index contributed by atoms with van der Waals surface area (Å²) in [5.74, 6) is 1.95. The Morgan fingerprint density at radius 3 is 2.58 bits per heavy atom. The van der Waals surface area contributed by atoms with E-state index in [1.165, 1.54) is 44.2 Å². The molecule has 5 saturated carbocycles. The third-order valence-corrected chi connectivity index (χ3v) is 15.9. The summed E-state index contributed by atoms with van der Waals surface area (Å²) in [5, 5.41) is 21.3. The number of morpholine rings is 1. The summed E-state index contributed by atoms with van der Waals surface area (Å²) < 4.78 is 32.9. The fourth-order valence-corrected chi connectivity index (χ4v) is 13.4. The Bertz CT molecular complexity index is 1410. The highest BCUT2D eigenvalue weighted by atomic mass is 32.1. The molecule has 268 valence electrons. The van der Waals surface area contributed by atoms with Gasteiger partial charge in [-0.05, 0) is 136 Å². The van der Waals surface area contributed by atoms with Crippen LogP contribution in [0.2, 0.25) is 0 Å². The maximum Gasteiger partial charge on any atom is 0.227 e. The predicted molar refractivity (Wildman–Crippen MR) is 185 cm³/mol. The van der Waals surface area contributed by atoms with Gasteiger partial charge in [-0.25, -0.2) is 4.39 Å². The number of hydrogen-bond donors (Lipinski definition) is 3. The van der Waals surface area contributed by atoms with E-state index in [-0.39, 0.29) is 48.0 Å². The number of thiol groups is 1. The number of nitrogens with zero attached hydrogens (tertiary/aromatic N) is 1. The summed E-state index contributed by atoms with van der Waals surface area (Å²) in [6.45, 7) is 9.63. The van der Waals surface area contributed by atoms with Gasteiger partial charge in [-0.3, -0.25) is 4.79 Å². The van der Waals surface area contributed by atoms with Gasteiger partial charge in [0, 0.05) is 12.7 Å². The zero-order valence-corrected chi connectivity index (χ0v) is 30.1. The van der Waals surface area contributed by atoms with Gasteiger partial charge in [0.05, 0.1) is 43.5 Å². The number of fused-ring (bicyclic) bond motifs is 4. The first-order valence-corrected chi connectivity index (χ1v) is 19.2. The average Bonchev–Trinajstić information content (AvgIpc) is 3.62. The second-order valence-corrected chi connectivity index (χ2v) is 18.8. The van der Waals surface area contributed by atoms with E-state index < -0.39 is 18.0 Å². The van der Waals surface area contributed by atoms with Gasteiger partial charge in [0.2, 0.25) is 5.91 Å². The molecule has 9 heteroatoms. The van der Waals surface area contributed by atoms with E-state index in [2.05, 4.69) is 13.8 Å². The molecule has 2 aliphatic heterocycles. The van der Waals surface area contributed by atoms with Gasteiger partial charge in [0.1, 0.15) is 11.9 Å². The molecule has 1 amide bonds. The van der Waals surface area contributed by atoms with E-state index in [9.17, 15) is 19.4 Å². The van der Waals surface area contributed by atoms with Crippen LogP contribution in [0.1, 0.15) is 98.9 Å². The number of carbonyl (C=O) groups excluding carboxylic acids is 1. The molecule has 7 aliphatic rings. The molecule has 9 unspecified atom stereocenters. The molecule has 0 bridgehead atoms. The van der Waals surface area contributed by atoms with Crippen LogP contribution >= 0.6 is 12.6 Å². The highest BCUT2D eigenvalue weighted by Crippen LogP contribution is 2.86. The van der Waals surface area contributed by atoms with Crippen LogP contribution in [-0.4, -0.2) is 81.8 Å². The largest absolute Gasteiger partial charge is 0.388 e. The van der Waals surface area contributed by atoms with Crippen molar-refractivity contribution in [2.75, 3.05) is 19.7 Å². The second kappa shape index (κ2) is 11.6. The third kappa shape index (κ3) is 5.17. The molecule has 0 radical (unpaired) electrons. The Morgan fingerprint density at radius 1 is 1.08 bits per heavy atom. The van der Waals surface area contributed by atoms with Gasteiger partial charge in [-0.2, -0.15) is 12.6 Å². The van der Waals surface area contributed by atoms with Gasteiger partial charge in [-0.1, -0.05) is 26.0 Å². The lowest BCUT2D eigenvalue weighted by Crippen LogP contribution is -2.57. The van der Waals surface area contributed by atoms with Crippen molar-refractivity contribution in [1.82, 2.24) is 4.90 Å². The number of aliphatic hydroxyl groups excluding tert-OH is 1. The van der Waals surface area contributed by atoms with E-state index in [4.69, 9.17) is 26.8 Å². The van der Waals surface area contributed by atoms with Crippen molar-refractivity contribution in [3.63, 3.8) is 0 Å². The van der Waals surface area contributed by atoms with Crippen molar-refractivity contribution >= 4 is 18.5 Å². The number of halogens is 1. The van der Waals surface area contributed by atoms with E-state index >= 15 is 0 Å². The quantitative estimate of drug-likeness (QED) is 0.310. The van der Waals surface area contributed by atoms with Gasteiger partial charge in [0.25, 0.3) is 0 Å². The summed E-state index contributed by atoms with van der Waals surface area (Å²) in [6.07, 6.45) is 10.0. The third-order valence-electron chi connectivity index (χ3n) is 15.1. The highest BCUT2D eigenvalue weighted by molar-refractivity contribution is 7.81. The van der Waals surface area contributed by atoms with Gasteiger partial charge >= 0.3 is 0 Å². The molecule has 1 aromatic carbocycles. The minimum Gasteiger partial charge on any atom is -0.388 e. The average molecular weight is 688 g/mol. The Hall–Kier alpha value is -1.23. The van der Waals surface area contributed by atoms with Crippen LogP contribution in [0.4, 0.5) is 4.39 Å². The maximum absolute atomic E-state index is 13.4. The molecular formula is C39H58FNO6S. The minimum absolute atomic E-state index is 0. The van der Waals surface area contributed by atoms with Crippen molar-refractivity contribution in [3.05, 3.63) is 35.6 Å². The maximum atomic E-state index is 13.4. The van der Waals surface area contributed by atoms with Crippen LogP contribution in [0.15, 0.2) is 24.3 Å². The summed E-state index contributed by atoms with van der Waals surface area (Å²) in [7, 11) is 0. The van der Waals surface area contributed by atoms with Crippen LogP contribution < -0.4 is 0 Å². The zero-order valence-electron chi connectivity index (χ0n) is 29.2. The SMILES string of the molecule is CC(C)(O)[C@@H](O)C1CCC2C(CC3C4CCC5C(C)(C)[C@@H](OC6CN(C(=O)Cc7ccc(F)cc7)CCO6)CCC56C[C@@]46CCC23S)O1.[HH]. The Kier molecular flexibility index (Phi) is 8.22. The number of rotatable bonds is 6. The lowest BCUT2D eigenvalue weighted by atomic mass is 9.48. The molecule has 7 fully saturated rings. The summed E-state index contributed by atoms with van der Waals surface area (Å²) in [5.41, 5.74) is 0.394. The van der Waals surface area contributed by atoms with Crippen molar-refractivity contribution < 1.29 is 35.0 Å². The molecular weight excluding hydrogens is 629 g/mol. The molecule has 2 saturated heterocycles. The first-order chi connectivity index (χ1) is 22.7. The number of aliphatic hydroxyl groups is 2. The smallest absolute Gasteiger partial charge is 0.227 e. The predicted octanol–water partition coefficient (Wildman–Crippen LogP) is 6.18. The van der Waals surface area contributed by atoms with Crippen LogP contribution in [0.5, 0.6) is 0 Å². The van der Waals surface area contributed by atoms with Crippen LogP contribution in [0.3, 0.4) is 0 Å². The van der Waals surface area contributed by atoms with Crippen molar-refractivity contribution in [1.29, 1.82) is 0 Å².